The molecule has 6 nitrogen and oxygen atoms in total. The van der Waals surface area contributed by atoms with Gasteiger partial charge in [-0.3, -0.25) is 0 Å². The largest absolute Gasteiger partial charge is 0.495 e. The molecule has 0 spiro atoms. The van der Waals surface area contributed by atoms with E-state index in [0.29, 0.717) is 10.8 Å². The number of aromatic nitrogens is 1. The standard InChI is InChI=1S/C13H17N3O3S2/c1-13(2,12-15-6-7-20-12)16-21(17,18)9-4-5-11(19-3)10(14)8-9/h4-8,16H,14H2,1-3H3. The molecule has 2 rings (SSSR count). The summed E-state index contributed by atoms with van der Waals surface area (Å²) in [7, 11) is -2.23. The van der Waals surface area contributed by atoms with Crippen molar-refractivity contribution in [3.8, 4) is 5.75 Å². The average molecular weight is 327 g/mol. The summed E-state index contributed by atoms with van der Waals surface area (Å²) in [5, 5.41) is 2.49. The zero-order chi connectivity index (χ0) is 15.7. The second kappa shape index (κ2) is 5.63. The minimum Gasteiger partial charge on any atom is -0.495 e. The maximum Gasteiger partial charge on any atom is 0.241 e. The molecule has 0 radical (unpaired) electrons. The van der Waals surface area contributed by atoms with Crippen LogP contribution in [-0.2, 0) is 15.6 Å². The van der Waals surface area contributed by atoms with Gasteiger partial charge in [0.1, 0.15) is 10.8 Å². The van der Waals surface area contributed by atoms with Crippen LogP contribution in [-0.4, -0.2) is 20.5 Å². The Morgan fingerprint density at radius 3 is 2.62 bits per heavy atom. The van der Waals surface area contributed by atoms with E-state index in [1.807, 2.05) is 0 Å². The Kier molecular flexibility index (Phi) is 4.22. The maximum absolute atomic E-state index is 12.5. The van der Waals surface area contributed by atoms with Crippen LogP contribution >= 0.6 is 11.3 Å². The first kappa shape index (κ1) is 15.7. The Hall–Kier alpha value is -1.64. The van der Waals surface area contributed by atoms with Gasteiger partial charge in [0, 0.05) is 11.6 Å². The van der Waals surface area contributed by atoms with Gasteiger partial charge in [0.2, 0.25) is 10.0 Å². The van der Waals surface area contributed by atoms with E-state index in [0.717, 1.165) is 0 Å². The minimum atomic E-state index is -3.71. The molecule has 0 unspecified atom stereocenters. The number of sulfonamides is 1. The molecule has 0 aliphatic carbocycles. The number of ether oxygens (including phenoxy) is 1. The zero-order valence-electron chi connectivity index (χ0n) is 12.0. The first-order chi connectivity index (χ1) is 9.76. The number of nitrogens with two attached hydrogens (primary N) is 1. The van der Waals surface area contributed by atoms with E-state index in [9.17, 15) is 8.42 Å². The summed E-state index contributed by atoms with van der Waals surface area (Å²) < 4.78 is 32.6. The third-order valence-electron chi connectivity index (χ3n) is 2.87. The van der Waals surface area contributed by atoms with E-state index in [1.54, 1.807) is 25.4 Å². The quantitative estimate of drug-likeness (QED) is 0.819. The molecule has 2 aromatic rings. The molecule has 114 valence electrons. The lowest BCUT2D eigenvalue weighted by molar-refractivity contribution is 0.416. The molecule has 0 saturated heterocycles. The highest BCUT2D eigenvalue weighted by Gasteiger charge is 2.30. The van der Waals surface area contributed by atoms with Gasteiger partial charge < -0.3 is 10.5 Å². The van der Waals surface area contributed by atoms with Crippen molar-refractivity contribution in [2.45, 2.75) is 24.3 Å². The molecule has 0 aliphatic heterocycles. The van der Waals surface area contributed by atoms with Gasteiger partial charge in [-0.2, -0.15) is 4.72 Å². The van der Waals surface area contributed by atoms with Gasteiger partial charge >= 0.3 is 0 Å². The number of hydrogen-bond donors (Lipinski definition) is 2. The minimum absolute atomic E-state index is 0.0884. The smallest absolute Gasteiger partial charge is 0.241 e. The van der Waals surface area contributed by atoms with E-state index in [1.165, 1.54) is 36.6 Å². The van der Waals surface area contributed by atoms with Gasteiger partial charge in [0.25, 0.3) is 0 Å². The molecule has 1 heterocycles. The van der Waals surface area contributed by atoms with Crippen LogP contribution in [0, 0.1) is 0 Å². The Balaban J connectivity index is 2.32. The summed E-state index contributed by atoms with van der Waals surface area (Å²) in [6.45, 7) is 3.52. The Labute approximate surface area is 128 Å². The number of anilines is 1. The number of rotatable bonds is 5. The number of nitrogens with one attached hydrogen (secondary N) is 1. The fourth-order valence-electron chi connectivity index (χ4n) is 1.85. The molecule has 0 saturated carbocycles. The van der Waals surface area contributed by atoms with Crippen molar-refractivity contribution >= 4 is 27.0 Å². The van der Waals surface area contributed by atoms with Gasteiger partial charge in [-0.25, -0.2) is 13.4 Å². The maximum atomic E-state index is 12.5. The Morgan fingerprint density at radius 2 is 2.10 bits per heavy atom. The van der Waals surface area contributed by atoms with Gasteiger partial charge in [0.15, 0.2) is 0 Å². The van der Waals surface area contributed by atoms with Crippen LogP contribution in [0.2, 0.25) is 0 Å². The summed E-state index contributed by atoms with van der Waals surface area (Å²) in [4.78, 5) is 4.25. The lowest BCUT2D eigenvalue weighted by Gasteiger charge is -2.23. The molecule has 0 amide bonds. The Morgan fingerprint density at radius 1 is 1.38 bits per heavy atom. The van der Waals surface area contributed by atoms with Crippen LogP contribution in [0.15, 0.2) is 34.7 Å². The lowest BCUT2D eigenvalue weighted by atomic mass is 10.1. The molecule has 21 heavy (non-hydrogen) atoms. The second-order valence-electron chi connectivity index (χ2n) is 4.97. The fourth-order valence-corrected chi connectivity index (χ4v) is 4.05. The fraction of sp³-hybridized carbons (Fsp3) is 0.308. The summed E-state index contributed by atoms with van der Waals surface area (Å²) >= 11 is 1.39. The van der Waals surface area contributed by atoms with Crippen molar-refractivity contribution < 1.29 is 13.2 Å². The topological polar surface area (TPSA) is 94.3 Å². The SMILES string of the molecule is COc1ccc(S(=O)(=O)NC(C)(C)c2nccs2)cc1N. The molecule has 1 aromatic carbocycles. The monoisotopic (exact) mass is 327 g/mol. The van der Waals surface area contributed by atoms with E-state index in [2.05, 4.69) is 9.71 Å². The van der Waals surface area contributed by atoms with Gasteiger partial charge in [-0.15, -0.1) is 11.3 Å². The van der Waals surface area contributed by atoms with Crippen LogP contribution < -0.4 is 15.2 Å². The summed E-state index contributed by atoms with van der Waals surface area (Å²) in [5.41, 5.74) is 5.23. The first-order valence-electron chi connectivity index (χ1n) is 6.14. The van der Waals surface area contributed by atoms with Gasteiger partial charge in [-0.05, 0) is 32.0 Å². The number of hydrogen-bond acceptors (Lipinski definition) is 6. The van der Waals surface area contributed by atoms with Crippen molar-refractivity contribution in [3.05, 3.63) is 34.8 Å². The van der Waals surface area contributed by atoms with Crippen molar-refractivity contribution in [1.82, 2.24) is 9.71 Å². The highest BCUT2D eigenvalue weighted by Crippen LogP contribution is 2.28. The molecule has 0 fully saturated rings. The van der Waals surface area contributed by atoms with Crippen molar-refractivity contribution in [1.29, 1.82) is 0 Å². The van der Waals surface area contributed by atoms with Crippen LogP contribution in [0.4, 0.5) is 5.69 Å². The van der Waals surface area contributed by atoms with Crippen LogP contribution in [0.25, 0.3) is 0 Å². The van der Waals surface area contributed by atoms with Crippen LogP contribution in [0.3, 0.4) is 0 Å². The molecule has 3 N–H and O–H groups in total. The highest BCUT2D eigenvalue weighted by molar-refractivity contribution is 7.89. The predicted octanol–water partition coefficient (Wildman–Crippen LogP) is 1.95. The molecular formula is C13H17N3O3S2. The van der Waals surface area contributed by atoms with Crippen LogP contribution in [0.5, 0.6) is 5.75 Å². The number of nitrogen functional groups attached to an aromatic ring is 1. The van der Waals surface area contributed by atoms with Crippen molar-refractivity contribution in [2.75, 3.05) is 12.8 Å². The van der Waals surface area contributed by atoms with Gasteiger partial charge in [-0.1, -0.05) is 0 Å². The third-order valence-corrected chi connectivity index (χ3v) is 5.62. The van der Waals surface area contributed by atoms with E-state index >= 15 is 0 Å². The van der Waals surface area contributed by atoms with E-state index in [-0.39, 0.29) is 10.6 Å². The molecule has 0 bridgehead atoms. The van der Waals surface area contributed by atoms with Crippen molar-refractivity contribution in [2.24, 2.45) is 0 Å². The summed E-state index contributed by atoms with van der Waals surface area (Å²) in [5.74, 6) is 0.438. The van der Waals surface area contributed by atoms with Crippen molar-refractivity contribution in [3.63, 3.8) is 0 Å². The first-order valence-corrected chi connectivity index (χ1v) is 8.50. The number of nitrogens with zero attached hydrogens (tertiary/aromatic N) is 1. The molecule has 8 heteroatoms. The highest BCUT2D eigenvalue weighted by atomic mass is 32.2. The average Bonchev–Trinajstić information content (AvgIpc) is 2.92. The molecule has 0 atom stereocenters. The third kappa shape index (κ3) is 3.34. The van der Waals surface area contributed by atoms with Crippen LogP contribution in [0.1, 0.15) is 18.9 Å². The normalized spacial score (nSPS) is 12.3. The predicted molar refractivity (Wildman–Crippen MR) is 82.9 cm³/mol. The second-order valence-corrected chi connectivity index (χ2v) is 7.55. The molecule has 1 aromatic heterocycles. The van der Waals surface area contributed by atoms with Gasteiger partial charge in [0.05, 0.1) is 23.2 Å². The van der Waals surface area contributed by atoms with E-state index in [4.69, 9.17) is 10.5 Å². The lowest BCUT2D eigenvalue weighted by Crippen LogP contribution is -2.40. The Bertz CT molecular complexity index is 725. The summed E-state index contributed by atoms with van der Waals surface area (Å²) in [6, 6.07) is 4.36. The van der Waals surface area contributed by atoms with E-state index < -0.39 is 15.6 Å². The molecule has 0 aliphatic rings. The zero-order valence-corrected chi connectivity index (χ0v) is 13.6. The number of methoxy groups -OCH3 is 1. The number of thiazole rings is 1. The summed E-state index contributed by atoms with van der Waals surface area (Å²) in [6.07, 6.45) is 1.64. The number of benzene rings is 1. The molecular weight excluding hydrogens is 310 g/mol.